The predicted molar refractivity (Wildman–Crippen MR) is 65.1 cm³/mol. The Balaban J connectivity index is 3.04. The fraction of sp³-hybridized carbons (Fsp3) is 0.417. The molecule has 1 rings (SSSR count). The van der Waals surface area contributed by atoms with Crippen molar-refractivity contribution in [3.8, 4) is 0 Å². The molecule has 1 aromatic carbocycles. The van der Waals surface area contributed by atoms with Crippen molar-refractivity contribution in [1.29, 1.82) is 0 Å². The van der Waals surface area contributed by atoms with Crippen molar-refractivity contribution in [3.63, 3.8) is 0 Å². The van der Waals surface area contributed by atoms with Gasteiger partial charge in [-0.3, -0.25) is 0 Å². The van der Waals surface area contributed by atoms with Gasteiger partial charge < -0.3 is 9.29 Å². The minimum Gasteiger partial charge on any atom is -0.743 e. The minimum absolute atomic E-state index is 0.0164. The third-order valence-electron chi connectivity index (χ3n) is 2.51. The molecule has 0 aliphatic carbocycles. The van der Waals surface area contributed by atoms with E-state index < -0.39 is 33.4 Å². The zero-order valence-electron chi connectivity index (χ0n) is 10.7. The van der Waals surface area contributed by atoms with E-state index in [2.05, 4.69) is 4.74 Å². The molecular weight excluding hydrogens is 294 g/mol. The van der Waals surface area contributed by atoms with Gasteiger partial charge >= 0.3 is 11.2 Å². The largest absolute Gasteiger partial charge is 0.743 e. The molecule has 1 atom stereocenters. The van der Waals surface area contributed by atoms with Gasteiger partial charge in [0.25, 0.3) is 0 Å². The summed E-state index contributed by atoms with van der Waals surface area (Å²) >= 11 is 0. The highest BCUT2D eigenvalue weighted by atomic mass is 32.2. The second-order valence-electron chi connectivity index (χ2n) is 4.45. The second-order valence-corrected chi connectivity index (χ2v) is 5.90. The van der Waals surface area contributed by atoms with E-state index in [4.69, 9.17) is 0 Å². The van der Waals surface area contributed by atoms with Gasteiger partial charge in [-0.1, -0.05) is 32.0 Å². The maximum Gasteiger partial charge on any atom is 0.370 e. The van der Waals surface area contributed by atoms with Crippen molar-refractivity contribution in [2.75, 3.05) is 0 Å². The van der Waals surface area contributed by atoms with Crippen molar-refractivity contribution >= 4 is 16.1 Å². The van der Waals surface area contributed by atoms with Crippen molar-refractivity contribution in [2.24, 2.45) is 5.92 Å². The molecule has 0 saturated carbocycles. The van der Waals surface area contributed by atoms with E-state index in [0.29, 0.717) is 0 Å². The first-order valence-electron chi connectivity index (χ1n) is 5.66. The fourth-order valence-corrected chi connectivity index (χ4v) is 2.10. The van der Waals surface area contributed by atoms with Crippen LogP contribution >= 0.6 is 0 Å². The van der Waals surface area contributed by atoms with Crippen LogP contribution in [-0.4, -0.2) is 30.3 Å². The highest BCUT2D eigenvalue weighted by molar-refractivity contribution is 7.86. The molecule has 0 fully saturated rings. The Kier molecular flexibility index (Phi) is 4.82. The van der Waals surface area contributed by atoms with Crippen LogP contribution in [0.3, 0.4) is 0 Å². The summed E-state index contributed by atoms with van der Waals surface area (Å²) in [5.74, 6) is -2.17. The van der Waals surface area contributed by atoms with Crippen LogP contribution in [0.15, 0.2) is 30.3 Å². The SMILES string of the molecule is CC(C)C(OC(=O)c1ccccc1)C(F)(F)S(=O)(=O)[O-]. The number of benzene rings is 1. The number of ether oxygens (including phenoxy) is 1. The first-order valence-corrected chi connectivity index (χ1v) is 7.07. The van der Waals surface area contributed by atoms with Crippen molar-refractivity contribution < 1.29 is 31.3 Å². The van der Waals surface area contributed by atoms with Crippen LogP contribution in [-0.2, 0) is 14.9 Å². The third-order valence-corrected chi connectivity index (χ3v) is 3.41. The van der Waals surface area contributed by atoms with Gasteiger partial charge in [-0.05, 0) is 18.1 Å². The first kappa shape index (κ1) is 16.5. The van der Waals surface area contributed by atoms with Gasteiger partial charge in [0.05, 0.1) is 5.56 Å². The quantitative estimate of drug-likeness (QED) is 0.613. The van der Waals surface area contributed by atoms with Crippen LogP contribution in [0.25, 0.3) is 0 Å². The third kappa shape index (κ3) is 3.51. The number of hydrogen-bond donors (Lipinski definition) is 0. The average molecular weight is 307 g/mol. The number of esters is 1. The van der Waals surface area contributed by atoms with Gasteiger partial charge in [0, 0.05) is 0 Å². The summed E-state index contributed by atoms with van der Waals surface area (Å²) in [7, 11) is -5.93. The average Bonchev–Trinajstić information content (AvgIpc) is 2.34. The van der Waals surface area contributed by atoms with Crippen LogP contribution in [0, 0.1) is 5.92 Å². The van der Waals surface area contributed by atoms with E-state index in [-0.39, 0.29) is 5.56 Å². The monoisotopic (exact) mass is 307 g/mol. The molecule has 0 spiro atoms. The molecular formula is C12H13F2O5S-. The summed E-state index contributed by atoms with van der Waals surface area (Å²) in [5.41, 5.74) is -0.0164. The summed E-state index contributed by atoms with van der Waals surface area (Å²) in [6.07, 6.45) is -2.35. The molecule has 0 heterocycles. The molecule has 0 bridgehead atoms. The number of carbonyl (C=O) groups excluding carboxylic acids is 1. The lowest BCUT2D eigenvalue weighted by atomic mass is 10.1. The zero-order valence-corrected chi connectivity index (χ0v) is 11.6. The molecule has 0 N–H and O–H groups in total. The van der Waals surface area contributed by atoms with Crippen LogP contribution in [0.5, 0.6) is 0 Å². The van der Waals surface area contributed by atoms with E-state index in [1.165, 1.54) is 38.1 Å². The van der Waals surface area contributed by atoms with Gasteiger partial charge in [0.15, 0.2) is 16.2 Å². The molecule has 5 nitrogen and oxygen atoms in total. The van der Waals surface area contributed by atoms with Gasteiger partial charge in [0.2, 0.25) is 0 Å². The highest BCUT2D eigenvalue weighted by Gasteiger charge is 2.50. The van der Waals surface area contributed by atoms with Crippen LogP contribution in [0.1, 0.15) is 24.2 Å². The standard InChI is InChI=1S/C12H14F2O5S/c1-8(2)10(12(13,14)20(16,17)18)19-11(15)9-6-4-3-5-7-9/h3-8,10H,1-2H3,(H,16,17,18)/p-1. The zero-order chi connectivity index (χ0) is 15.6. The lowest BCUT2D eigenvalue weighted by Gasteiger charge is -2.30. The molecule has 0 radical (unpaired) electrons. The fourth-order valence-electron chi connectivity index (χ4n) is 1.49. The van der Waals surface area contributed by atoms with Crippen molar-refractivity contribution in [1.82, 2.24) is 0 Å². The number of hydrogen-bond acceptors (Lipinski definition) is 5. The van der Waals surface area contributed by atoms with E-state index in [9.17, 15) is 26.5 Å². The maximum atomic E-state index is 13.5. The second kappa shape index (κ2) is 5.84. The molecule has 0 aromatic heterocycles. The Morgan fingerprint density at radius 3 is 2.15 bits per heavy atom. The van der Waals surface area contributed by atoms with E-state index in [1.807, 2.05) is 0 Å². The highest BCUT2D eigenvalue weighted by Crippen LogP contribution is 2.32. The van der Waals surface area contributed by atoms with Crippen molar-refractivity contribution in [3.05, 3.63) is 35.9 Å². The molecule has 0 saturated heterocycles. The summed E-state index contributed by atoms with van der Waals surface area (Å²) in [5, 5.41) is -4.69. The van der Waals surface area contributed by atoms with Crippen LogP contribution in [0.2, 0.25) is 0 Å². The topological polar surface area (TPSA) is 83.5 Å². The molecule has 20 heavy (non-hydrogen) atoms. The van der Waals surface area contributed by atoms with Crippen molar-refractivity contribution in [2.45, 2.75) is 25.2 Å². The van der Waals surface area contributed by atoms with E-state index in [0.717, 1.165) is 0 Å². The number of carbonyl (C=O) groups is 1. The number of rotatable bonds is 5. The molecule has 0 aliphatic heterocycles. The van der Waals surface area contributed by atoms with Crippen LogP contribution < -0.4 is 0 Å². The molecule has 8 heteroatoms. The summed E-state index contributed by atoms with van der Waals surface area (Å²) in [6.45, 7) is 2.45. The molecule has 1 unspecified atom stereocenters. The minimum atomic E-state index is -5.93. The molecule has 0 amide bonds. The smallest absolute Gasteiger partial charge is 0.370 e. The number of alkyl halides is 2. The Hall–Kier alpha value is -1.54. The van der Waals surface area contributed by atoms with E-state index >= 15 is 0 Å². The normalized spacial score (nSPS) is 14.1. The van der Waals surface area contributed by atoms with Crippen LogP contribution in [0.4, 0.5) is 8.78 Å². The Morgan fingerprint density at radius 1 is 1.25 bits per heavy atom. The van der Waals surface area contributed by atoms with Gasteiger partial charge in [-0.25, -0.2) is 13.2 Å². The predicted octanol–water partition coefficient (Wildman–Crippen LogP) is 2.01. The maximum absolute atomic E-state index is 13.5. The summed E-state index contributed by atoms with van der Waals surface area (Å²) < 4.78 is 63.5. The Bertz CT molecular complexity index is 569. The molecule has 1 aromatic rings. The van der Waals surface area contributed by atoms with Gasteiger partial charge in [-0.15, -0.1) is 0 Å². The molecule has 112 valence electrons. The summed E-state index contributed by atoms with van der Waals surface area (Å²) in [4.78, 5) is 11.7. The number of halogens is 2. The van der Waals surface area contributed by atoms with E-state index in [1.54, 1.807) is 6.07 Å². The lowest BCUT2D eigenvalue weighted by Crippen LogP contribution is -2.46. The molecule has 0 aliphatic rings. The Labute approximate surface area is 115 Å². The lowest BCUT2D eigenvalue weighted by molar-refractivity contribution is -0.0824. The summed E-state index contributed by atoms with van der Waals surface area (Å²) in [6, 6.07) is 7.23. The van der Waals surface area contributed by atoms with Gasteiger partial charge in [-0.2, -0.15) is 8.78 Å². The first-order chi connectivity index (χ1) is 9.07. The Morgan fingerprint density at radius 2 is 1.75 bits per heavy atom. The van der Waals surface area contributed by atoms with Gasteiger partial charge in [0.1, 0.15) is 0 Å².